The van der Waals surface area contributed by atoms with Gasteiger partial charge in [-0.2, -0.15) is 0 Å². The molecule has 0 N–H and O–H groups in total. The van der Waals surface area contributed by atoms with E-state index in [9.17, 15) is 0 Å². The zero-order valence-electron chi connectivity index (χ0n) is 34.1. The van der Waals surface area contributed by atoms with Gasteiger partial charge in [-0.25, -0.2) is 0 Å². The number of fused-ring (bicyclic) bond motifs is 19. The summed E-state index contributed by atoms with van der Waals surface area (Å²) in [5.74, 6) is 0. The van der Waals surface area contributed by atoms with Crippen LogP contribution in [0, 0.1) is 0 Å². The molecule has 2 heterocycles. The Morgan fingerprint density at radius 1 is 0.270 bits per heavy atom. The van der Waals surface area contributed by atoms with Crippen LogP contribution in [-0.2, 0) is 10.8 Å². The summed E-state index contributed by atoms with van der Waals surface area (Å²) >= 11 is 3.79. The van der Waals surface area contributed by atoms with Gasteiger partial charge in [0.1, 0.15) is 0 Å². The fourth-order valence-electron chi connectivity index (χ4n) is 11.9. The van der Waals surface area contributed by atoms with Crippen molar-refractivity contribution in [3.8, 4) is 22.3 Å². The van der Waals surface area contributed by atoms with Crippen molar-refractivity contribution >= 4 is 51.4 Å². The van der Waals surface area contributed by atoms with Crippen molar-refractivity contribution in [2.24, 2.45) is 0 Å². The number of rotatable bonds is 3. The van der Waals surface area contributed by atoms with Gasteiger partial charge in [0, 0.05) is 36.1 Å². The molecule has 1 nitrogen and oxygen atoms in total. The van der Waals surface area contributed by atoms with Crippen LogP contribution in [0.3, 0.4) is 0 Å². The highest BCUT2D eigenvalue weighted by Gasteiger charge is 2.53. The molecule has 2 aliphatic carbocycles. The van der Waals surface area contributed by atoms with Crippen LogP contribution >= 0.6 is 23.5 Å². The lowest BCUT2D eigenvalue weighted by Crippen LogP contribution is -2.32. The van der Waals surface area contributed by atoms with Crippen molar-refractivity contribution in [2.75, 3.05) is 4.90 Å². The largest absolute Gasteiger partial charge is 0.309 e. The third-order valence-corrected chi connectivity index (χ3v) is 16.5. The number of hydrogen-bond donors (Lipinski definition) is 0. The quantitative estimate of drug-likeness (QED) is 0.175. The summed E-state index contributed by atoms with van der Waals surface area (Å²) < 4.78 is 0. The highest BCUT2D eigenvalue weighted by atomic mass is 32.2. The molecule has 0 saturated carbocycles. The second-order valence-corrected chi connectivity index (χ2v) is 19.2. The van der Waals surface area contributed by atoms with E-state index in [1.165, 1.54) is 108 Å². The van der Waals surface area contributed by atoms with Crippen molar-refractivity contribution < 1.29 is 0 Å². The first-order valence-corrected chi connectivity index (χ1v) is 23.4. The first kappa shape index (κ1) is 35.5. The Bertz CT molecular complexity index is 3270. The second-order valence-electron chi connectivity index (χ2n) is 17.0. The van der Waals surface area contributed by atoms with Crippen LogP contribution in [0.2, 0.25) is 0 Å². The zero-order chi connectivity index (χ0) is 41.3. The van der Waals surface area contributed by atoms with Gasteiger partial charge in [-0.3, -0.25) is 0 Å². The first-order chi connectivity index (χ1) is 31.3. The van der Waals surface area contributed by atoms with E-state index in [0.717, 1.165) is 5.69 Å². The fraction of sp³-hybridized carbons (Fsp3) is 0.0333. The Labute approximate surface area is 375 Å². The number of anilines is 3. The molecule has 2 spiro atoms. The number of hydrogen-bond acceptors (Lipinski definition) is 3. The SMILES string of the molecule is c1ccc2c(c1)Sc1ccccc1C21c2ccccc2-c2c(N(c3cccc4c3-c3ccccc3C43c4ccccc4Sc4ccccc43)c3cccc4ccccc34)cccc21. The van der Waals surface area contributed by atoms with Gasteiger partial charge in [0.2, 0.25) is 0 Å². The molecular formula is C60H37NS2. The third kappa shape index (κ3) is 4.56. The van der Waals surface area contributed by atoms with Gasteiger partial charge in [0.15, 0.2) is 0 Å². The molecule has 0 aromatic heterocycles. The fourth-order valence-corrected chi connectivity index (χ4v) is 14.3. The number of benzene rings is 10. The van der Waals surface area contributed by atoms with Crippen LogP contribution in [0.1, 0.15) is 44.5 Å². The van der Waals surface area contributed by atoms with Gasteiger partial charge in [-0.05, 0) is 103 Å². The van der Waals surface area contributed by atoms with Gasteiger partial charge < -0.3 is 4.90 Å². The first-order valence-electron chi connectivity index (χ1n) is 21.8. The molecule has 0 fully saturated rings. The molecule has 10 aromatic carbocycles. The van der Waals surface area contributed by atoms with Crippen molar-refractivity contribution in [1.82, 2.24) is 0 Å². The summed E-state index contributed by atoms with van der Waals surface area (Å²) in [4.78, 5) is 7.86. The van der Waals surface area contributed by atoms with E-state index in [2.05, 4.69) is 229 Å². The van der Waals surface area contributed by atoms with Gasteiger partial charge in [-0.15, -0.1) is 0 Å². The van der Waals surface area contributed by atoms with Crippen LogP contribution in [0.15, 0.2) is 244 Å². The third-order valence-electron chi connectivity index (χ3n) is 14.2. The predicted octanol–water partition coefficient (Wildman–Crippen LogP) is 16.0. The highest BCUT2D eigenvalue weighted by Crippen LogP contribution is 2.67. The molecule has 0 radical (unpaired) electrons. The van der Waals surface area contributed by atoms with Crippen LogP contribution in [0.5, 0.6) is 0 Å². The van der Waals surface area contributed by atoms with Gasteiger partial charge >= 0.3 is 0 Å². The average Bonchev–Trinajstić information content (AvgIpc) is 3.81. The maximum Gasteiger partial charge on any atom is 0.0736 e. The van der Waals surface area contributed by atoms with E-state index in [0.29, 0.717) is 0 Å². The topological polar surface area (TPSA) is 3.24 Å². The van der Waals surface area contributed by atoms with Crippen LogP contribution in [0.4, 0.5) is 17.1 Å². The van der Waals surface area contributed by atoms with Crippen LogP contribution in [-0.4, -0.2) is 0 Å². The van der Waals surface area contributed by atoms with E-state index >= 15 is 0 Å². The molecule has 0 saturated heterocycles. The maximum absolute atomic E-state index is 2.62. The van der Waals surface area contributed by atoms with Crippen LogP contribution < -0.4 is 4.90 Å². The molecule has 0 atom stereocenters. The minimum atomic E-state index is -0.493. The molecular weight excluding hydrogens is 799 g/mol. The molecule has 0 bridgehead atoms. The van der Waals surface area contributed by atoms with Crippen molar-refractivity contribution in [1.29, 1.82) is 0 Å². The van der Waals surface area contributed by atoms with Crippen molar-refractivity contribution in [3.63, 3.8) is 0 Å². The molecule has 4 aliphatic rings. The molecule has 3 heteroatoms. The lowest BCUT2D eigenvalue weighted by atomic mass is 9.67. The minimum Gasteiger partial charge on any atom is -0.309 e. The van der Waals surface area contributed by atoms with Crippen LogP contribution in [0.25, 0.3) is 33.0 Å². The summed E-state index contributed by atoms with van der Waals surface area (Å²) in [6, 6.07) is 84.8. The van der Waals surface area contributed by atoms with E-state index in [1.807, 2.05) is 23.5 Å². The summed E-state index contributed by atoms with van der Waals surface area (Å²) in [6.07, 6.45) is 0. The van der Waals surface area contributed by atoms with E-state index < -0.39 is 10.8 Å². The zero-order valence-corrected chi connectivity index (χ0v) is 35.8. The Morgan fingerprint density at radius 2 is 0.603 bits per heavy atom. The van der Waals surface area contributed by atoms with Crippen molar-refractivity contribution in [2.45, 2.75) is 30.4 Å². The summed E-state index contributed by atoms with van der Waals surface area (Å²) in [6.45, 7) is 0. The lowest BCUT2D eigenvalue weighted by Gasteiger charge is -2.40. The number of nitrogens with zero attached hydrogens (tertiary/aromatic N) is 1. The molecule has 2 aliphatic heterocycles. The van der Waals surface area contributed by atoms with E-state index in [4.69, 9.17) is 0 Å². The summed E-state index contributed by atoms with van der Waals surface area (Å²) in [7, 11) is 0. The standard InChI is InChI=1S/C60H37NS2/c1-2-20-39-38(18-1)19-15-31-50(39)61(51-32-16-29-48-57(51)40-21-3-5-23-42(40)59(48)44-25-7-11-34-53(44)62-54-35-12-8-26-45(54)59)52-33-17-30-49-58(52)41-22-4-6-24-43(41)60(49)46-27-9-13-36-55(46)63-56-37-14-10-28-47(56)60/h1-37H. The Hall–Kier alpha value is -7.04. The second kappa shape index (κ2) is 13.2. The molecule has 0 unspecified atom stereocenters. The molecule has 14 rings (SSSR count). The minimum absolute atomic E-state index is 0.493. The summed E-state index contributed by atoms with van der Waals surface area (Å²) in [5, 5.41) is 2.43. The summed E-state index contributed by atoms with van der Waals surface area (Å²) in [5.41, 5.74) is 18.3. The lowest BCUT2D eigenvalue weighted by molar-refractivity contribution is 0.722. The molecule has 10 aromatic rings. The van der Waals surface area contributed by atoms with Gasteiger partial charge in [0.25, 0.3) is 0 Å². The molecule has 294 valence electrons. The average molecular weight is 836 g/mol. The highest BCUT2D eigenvalue weighted by molar-refractivity contribution is 7.99. The van der Waals surface area contributed by atoms with Gasteiger partial charge in [0.05, 0.1) is 27.9 Å². The Kier molecular flexibility index (Phi) is 7.47. The smallest absolute Gasteiger partial charge is 0.0736 e. The molecule has 0 amide bonds. The van der Waals surface area contributed by atoms with E-state index in [-0.39, 0.29) is 0 Å². The Balaban J connectivity index is 1.13. The van der Waals surface area contributed by atoms with Gasteiger partial charge in [-0.1, -0.05) is 206 Å². The van der Waals surface area contributed by atoms with E-state index in [1.54, 1.807) is 0 Å². The monoisotopic (exact) mass is 835 g/mol. The Morgan fingerprint density at radius 3 is 1.08 bits per heavy atom. The normalized spacial score (nSPS) is 14.8. The van der Waals surface area contributed by atoms with Crippen molar-refractivity contribution in [3.05, 3.63) is 269 Å². The molecule has 63 heavy (non-hydrogen) atoms. The maximum atomic E-state index is 2.62. The predicted molar refractivity (Wildman–Crippen MR) is 261 cm³/mol.